The number of pyridine rings is 1. The highest BCUT2D eigenvalue weighted by Gasteiger charge is 2.20. The summed E-state index contributed by atoms with van der Waals surface area (Å²) in [6.45, 7) is 3.84. The van der Waals surface area contributed by atoms with Crippen molar-refractivity contribution in [2.45, 2.75) is 6.54 Å². The molecule has 1 aliphatic rings. The molecule has 1 aromatic carbocycles. The zero-order chi connectivity index (χ0) is 19.2. The van der Waals surface area contributed by atoms with Crippen molar-refractivity contribution in [3.8, 4) is 0 Å². The van der Waals surface area contributed by atoms with E-state index < -0.39 is 0 Å². The van der Waals surface area contributed by atoms with Crippen LogP contribution in [0, 0.1) is 0 Å². The van der Waals surface area contributed by atoms with Gasteiger partial charge in [0.1, 0.15) is 5.82 Å². The summed E-state index contributed by atoms with van der Waals surface area (Å²) in [5.74, 6) is 1.48. The van der Waals surface area contributed by atoms with E-state index in [1.165, 1.54) is 0 Å². The van der Waals surface area contributed by atoms with E-state index in [9.17, 15) is 4.79 Å². The van der Waals surface area contributed by atoms with Crippen LogP contribution in [-0.4, -0.2) is 47.0 Å². The second-order valence-corrected chi connectivity index (χ2v) is 6.60. The number of carbonyl (C=O) groups excluding carboxylic acids is 1. The molecule has 1 N–H and O–H groups in total. The Bertz CT molecular complexity index is 893. The van der Waals surface area contributed by atoms with Crippen LogP contribution in [0.4, 0.5) is 11.8 Å². The summed E-state index contributed by atoms with van der Waals surface area (Å²) in [6.07, 6.45) is 4.99. The summed E-state index contributed by atoms with van der Waals surface area (Å²) < 4.78 is 0. The van der Waals surface area contributed by atoms with Crippen molar-refractivity contribution in [3.63, 3.8) is 0 Å². The fraction of sp³-hybridized carbons (Fsp3) is 0.238. The van der Waals surface area contributed by atoms with Crippen molar-refractivity contribution in [2.75, 3.05) is 36.0 Å². The normalized spacial score (nSPS) is 14.0. The van der Waals surface area contributed by atoms with E-state index >= 15 is 0 Å². The lowest BCUT2D eigenvalue weighted by molar-refractivity contribution is 0.0950. The summed E-state index contributed by atoms with van der Waals surface area (Å²) in [4.78, 5) is 29.9. The largest absolute Gasteiger partial charge is 0.353 e. The zero-order valence-electron chi connectivity index (χ0n) is 15.5. The van der Waals surface area contributed by atoms with Gasteiger partial charge in [-0.2, -0.15) is 0 Å². The fourth-order valence-electron chi connectivity index (χ4n) is 3.16. The Morgan fingerprint density at radius 1 is 0.857 bits per heavy atom. The molecule has 2 aromatic heterocycles. The maximum atomic E-state index is 12.3. The number of rotatable bonds is 5. The van der Waals surface area contributed by atoms with Gasteiger partial charge >= 0.3 is 0 Å². The van der Waals surface area contributed by atoms with Gasteiger partial charge < -0.3 is 15.1 Å². The Morgan fingerprint density at radius 2 is 1.54 bits per heavy atom. The molecule has 1 saturated heterocycles. The molecule has 142 valence electrons. The van der Waals surface area contributed by atoms with Gasteiger partial charge in [-0.05, 0) is 17.7 Å². The zero-order valence-corrected chi connectivity index (χ0v) is 15.5. The lowest BCUT2D eigenvalue weighted by atomic mass is 10.2. The van der Waals surface area contributed by atoms with Gasteiger partial charge in [-0.15, -0.1) is 0 Å². The average molecular weight is 374 g/mol. The second kappa shape index (κ2) is 8.47. The number of benzene rings is 1. The van der Waals surface area contributed by atoms with Gasteiger partial charge in [0, 0.05) is 51.3 Å². The van der Waals surface area contributed by atoms with Crippen LogP contribution in [0.2, 0.25) is 0 Å². The molecular weight excluding hydrogens is 352 g/mol. The molecule has 7 nitrogen and oxygen atoms in total. The van der Waals surface area contributed by atoms with E-state index in [2.05, 4.69) is 30.1 Å². The van der Waals surface area contributed by atoms with Crippen molar-refractivity contribution in [2.24, 2.45) is 0 Å². The fourth-order valence-corrected chi connectivity index (χ4v) is 3.16. The Kier molecular flexibility index (Phi) is 5.42. The minimum absolute atomic E-state index is 0.171. The Balaban J connectivity index is 1.31. The van der Waals surface area contributed by atoms with Gasteiger partial charge in [0.2, 0.25) is 5.95 Å². The van der Waals surface area contributed by atoms with Crippen LogP contribution in [0.5, 0.6) is 0 Å². The van der Waals surface area contributed by atoms with Crippen LogP contribution in [0.1, 0.15) is 15.9 Å². The highest BCUT2D eigenvalue weighted by atomic mass is 16.1. The summed E-state index contributed by atoms with van der Waals surface area (Å²) in [7, 11) is 0. The van der Waals surface area contributed by atoms with E-state index in [1.54, 1.807) is 12.4 Å². The molecule has 1 aliphatic heterocycles. The van der Waals surface area contributed by atoms with Gasteiger partial charge in [-0.25, -0.2) is 15.0 Å². The molecular formula is C21H22N6O. The molecule has 3 aromatic rings. The number of hydrogen-bond acceptors (Lipinski definition) is 6. The van der Waals surface area contributed by atoms with Gasteiger partial charge in [0.25, 0.3) is 5.91 Å². The highest BCUT2D eigenvalue weighted by molar-refractivity contribution is 5.93. The molecule has 28 heavy (non-hydrogen) atoms. The molecule has 0 atom stereocenters. The van der Waals surface area contributed by atoms with Crippen LogP contribution in [0.25, 0.3) is 0 Å². The molecule has 1 fully saturated rings. The van der Waals surface area contributed by atoms with Gasteiger partial charge in [0.05, 0.1) is 5.56 Å². The molecule has 3 heterocycles. The quantitative estimate of drug-likeness (QED) is 0.737. The topological polar surface area (TPSA) is 74.2 Å². The van der Waals surface area contributed by atoms with Crippen LogP contribution in [0.15, 0.2) is 67.1 Å². The van der Waals surface area contributed by atoms with E-state index in [-0.39, 0.29) is 5.91 Å². The van der Waals surface area contributed by atoms with E-state index in [0.717, 1.165) is 37.6 Å². The Hall–Kier alpha value is -3.48. The molecule has 0 saturated carbocycles. The van der Waals surface area contributed by atoms with Crippen molar-refractivity contribution < 1.29 is 4.79 Å². The van der Waals surface area contributed by atoms with Crippen LogP contribution < -0.4 is 15.1 Å². The SMILES string of the molecule is O=C(NCc1ccccc1)c1cnc(N2CCN(c3ccccn3)CC2)nc1. The predicted molar refractivity (Wildman–Crippen MR) is 108 cm³/mol. The lowest BCUT2D eigenvalue weighted by Gasteiger charge is -2.35. The summed E-state index contributed by atoms with van der Waals surface area (Å²) in [6, 6.07) is 15.8. The van der Waals surface area contributed by atoms with Crippen LogP contribution >= 0.6 is 0 Å². The maximum absolute atomic E-state index is 12.3. The molecule has 0 spiro atoms. The molecule has 0 bridgehead atoms. The van der Waals surface area contributed by atoms with Gasteiger partial charge in [0.15, 0.2) is 0 Å². The average Bonchev–Trinajstić information content (AvgIpc) is 2.79. The first kappa shape index (κ1) is 17.9. The number of aromatic nitrogens is 3. The first-order chi connectivity index (χ1) is 13.8. The van der Waals surface area contributed by atoms with E-state index in [4.69, 9.17) is 0 Å². The molecule has 1 amide bonds. The molecule has 4 rings (SSSR count). The minimum Gasteiger partial charge on any atom is -0.353 e. The maximum Gasteiger partial charge on any atom is 0.254 e. The number of carbonyl (C=O) groups is 1. The van der Waals surface area contributed by atoms with Crippen molar-refractivity contribution in [1.82, 2.24) is 20.3 Å². The summed E-state index contributed by atoms with van der Waals surface area (Å²) in [5.41, 5.74) is 1.52. The second-order valence-electron chi connectivity index (χ2n) is 6.60. The van der Waals surface area contributed by atoms with Crippen LogP contribution in [-0.2, 0) is 6.54 Å². The number of piperazine rings is 1. The van der Waals surface area contributed by atoms with E-state index in [1.807, 2.05) is 54.7 Å². The molecule has 0 unspecified atom stereocenters. The Morgan fingerprint density at radius 3 is 2.21 bits per heavy atom. The number of amides is 1. The smallest absolute Gasteiger partial charge is 0.254 e. The molecule has 0 radical (unpaired) electrons. The first-order valence-electron chi connectivity index (χ1n) is 9.35. The monoisotopic (exact) mass is 374 g/mol. The third-order valence-electron chi connectivity index (χ3n) is 4.73. The van der Waals surface area contributed by atoms with E-state index in [0.29, 0.717) is 18.1 Å². The summed E-state index contributed by atoms with van der Waals surface area (Å²) >= 11 is 0. The predicted octanol–water partition coefficient (Wildman–Crippen LogP) is 2.13. The van der Waals surface area contributed by atoms with Crippen molar-refractivity contribution in [1.29, 1.82) is 0 Å². The number of hydrogen-bond donors (Lipinski definition) is 1. The van der Waals surface area contributed by atoms with Crippen molar-refractivity contribution >= 4 is 17.7 Å². The minimum atomic E-state index is -0.171. The summed E-state index contributed by atoms with van der Waals surface area (Å²) in [5, 5.41) is 2.89. The van der Waals surface area contributed by atoms with Crippen molar-refractivity contribution in [3.05, 3.63) is 78.2 Å². The number of nitrogens with zero attached hydrogens (tertiary/aromatic N) is 5. The van der Waals surface area contributed by atoms with Gasteiger partial charge in [-0.1, -0.05) is 36.4 Å². The third-order valence-corrected chi connectivity index (χ3v) is 4.73. The lowest BCUT2D eigenvalue weighted by Crippen LogP contribution is -2.47. The first-order valence-corrected chi connectivity index (χ1v) is 9.35. The number of anilines is 2. The third kappa shape index (κ3) is 4.25. The standard InChI is InChI=1S/C21H22N6O/c28-20(23-14-17-6-2-1-3-7-17)18-15-24-21(25-16-18)27-12-10-26(11-13-27)19-8-4-5-9-22-19/h1-9,15-16H,10-14H2,(H,23,28). The molecule has 0 aliphatic carbocycles. The number of nitrogens with one attached hydrogen (secondary N) is 1. The van der Waals surface area contributed by atoms with Crippen LogP contribution in [0.3, 0.4) is 0 Å². The van der Waals surface area contributed by atoms with Gasteiger partial charge in [-0.3, -0.25) is 4.79 Å². The highest BCUT2D eigenvalue weighted by Crippen LogP contribution is 2.15. The molecule has 7 heteroatoms. The Labute approximate surface area is 164 Å².